The number of nitrogens with one attached hydrogen (secondary N) is 2. The van der Waals surface area contributed by atoms with Crippen molar-refractivity contribution in [2.45, 2.75) is 24.9 Å². The van der Waals surface area contributed by atoms with Gasteiger partial charge in [0.15, 0.2) is 0 Å². The van der Waals surface area contributed by atoms with E-state index in [1.165, 1.54) is 0 Å². The van der Waals surface area contributed by atoms with Crippen molar-refractivity contribution in [3.05, 3.63) is 0 Å². The van der Waals surface area contributed by atoms with E-state index in [0.717, 1.165) is 18.1 Å². The van der Waals surface area contributed by atoms with Crippen LogP contribution in [0.1, 0.15) is 12.8 Å². The Morgan fingerprint density at radius 3 is 2.61 bits per heavy atom. The van der Waals surface area contributed by atoms with Gasteiger partial charge in [-0.3, -0.25) is 9.59 Å². The minimum absolute atomic E-state index is 0.0167. The molecule has 1 heterocycles. The number of rotatable bonds is 6. The number of hydrogen-bond acceptors (Lipinski definition) is 5. The molecule has 102 valence electrons. The number of hydrogen-bond donors (Lipinski definition) is 4. The fraction of sp³-hybridized carbons (Fsp3) is 0.700. The van der Waals surface area contributed by atoms with Crippen LogP contribution in [0.2, 0.25) is 0 Å². The minimum Gasteiger partial charge on any atom is -0.481 e. The van der Waals surface area contributed by atoms with Gasteiger partial charge in [0.1, 0.15) is 6.04 Å². The van der Waals surface area contributed by atoms with E-state index in [1.54, 1.807) is 11.8 Å². The van der Waals surface area contributed by atoms with Crippen molar-refractivity contribution in [1.29, 1.82) is 0 Å². The van der Waals surface area contributed by atoms with Gasteiger partial charge in [0.05, 0.1) is 6.42 Å². The summed E-state index contributed by atoms with van der Waals surface area (Å²) < 4.78 is 0. The quantitative estimate of drug-likeness (QED) is 0.498. The van der Waals surface area contributed by atoms with Gasteiger partial charge in [0.2, 0.25) is 5.91 Å². The van der Waals surface area contributed by atoms with Gasteiger partial charge >= 0.3 is 11.9 Å². The highest BCUT2D eigenvalue weighted by atomic mass is 32.2. The van der Waals surface area contributed by atoms with Gasteiger partial charge in [-0.25, -0.2) is 4.79 Å². The van der Waals surface area contributed by atoms with Crippen LogP contribution in [0.25, 0.3) is 0 Å². The Kier molecular flexibility index (Phi) is 5.93. The van der Waals surface area contributed by atoms with Crippen molar-refractivity contribution in [3.8, 4) is 0 Å². The third kappa shape index (κ3) is 5.37. The second-order valence-electron chi connectivity index (χ2n) is 3.99. The van der Waals surface area contributed by atoms with Gasteiger partial charge in [-0.15, -0.1) is 0 Å². The summed E-state index contributed by atoms with van der Waals surface area (Å²) in [6, 6.07) is -1.35. The zero-order valence-electron chi connectivity index (χ0n) is 9.72. The van der Waals surface area contributed by atoms with Crippen molar-refractivity contribution in [1.82, 2.24) is 10.6 Å². The van der Waals surface area contributed by atoms with Crippen LogP contribution < -0.4 is 10.6 Å². The first-order valence-corrected chi connectivity index (χ1v) is 6.69. The van der Waals surface area contributed by atoms with Crippen LogP contribution >= 0.6 is 11.8 Å². The standard InChI is InChI=1S/C10H16N2O5S/c13-8(3-6-5-18-2-1-11-6)12-7(10(16)17)4-9(14)15/h6-7,11H,1-5H2,(H,12,13)(H,14,15)(H,16,17). The Hall–Kier alpha value is -1.28. The molecule has 2 unspecified atom stereocenters. The minimum atomic E-state index is -1.37. The normalized spacial score (nSPS) is 21.0. The molecule has 0 aliphatic carbocycles. The first-order chi connectivity index (χ1) is 8.49. The van der Waals surface area contributed by atoms with E-state index in [4.69, 9.17) is 10.2 Å². The van der Waals surface area contributed by atoms with E-state index in [0.29, 0.717) is 0 Å². The lowest BCUT2D eigenvalue weighted by molar-refractivity contribution is -0.147. The molecule has 0 aromatic rings. The maximum Gasteiger partial charge on any atom is 0.326 e. The lowest BCUT2D eigenvalue weighted by Crippen LogP contribution is -2.46. The molecule has 1 saturated heterocycles. The van der Waals surface area contributed by atoms with E-state index in [-0.39, 0.29) is 12.5 Å². The van der Waals surface area contributed by atoms with E-state index in [2.05, 4.69) is 10.6 Å². The summed E-state index contributed by atoms with van der Waals surface area (Å²) in [6.07, 6.45) is -0.454. The number of carboxylic acids is 2. The van der Waals surface area contributed by atoms with Gasteiger partial charge in [-0.1, -0.05) is 0 Å². The SMILES string of the molecule is O=C(O)CC(NC(=O)CC1CSCCN1)C(=O)O. The number of amides is 1. The average Bonchev–Trinajstić information content (AvgIpc) is 2.28. The molecular weight excluding hydrogens is 260 g/mol. The predicted molar refractivity (Wildman–Crippen MR) is 65.6 cm³/mol. The predicted octanol–water partition coefficient (Wildman–Crippen LogP) is -0.874. The summed E-state index contributed by atoms with van der Waals surface area (Å²) in [5, 5.41) is 22.7. The zero-order chi connectivity index (χ0) is 13.5. The van der Waals surface area contributed by atoms with Crippen molar-refractivity contribution in [3.63, 3.8) is 0 Å². The summed E-state index contributed by atoms with van der Waals surface area (Å²) in [4.78, 5) is 32.8. The fourth-order valence-corrected chi connectivity index (χ4v) is 2.55. The molecule has 8 heteroatoms. The second-order valence-corrected chi connectivity index (χ2v) is 5.14. The van der Waals surface area contributed by atoms with E-state index >= 15 is 0 Å². The molecule has 18 heavy (non-hydrogen) atoms. The second kappa shape index (κ2) is 7.22. The van der Waals surface area contributed by atoms with Crippen molar-refractivity contribution in [2.24, 2.45) is 0 Å². The highest BCUT2D eigenvalue weighted by Crippen LogP contribution is 2.10. The molecule has 0 radical (unpaired) electrons. The molecule has 1 amide bonds. The van der Waals surface area contributed by atoms with E-state index in [1.807, 2.05) is 0 Å². The van der Waals surface area contributed by atoms with Crippen LogP contribution in [0.15, 0.2) is 0 Å². The summed E-state index contributed by atoms with van der Waals surface area (Å²) >= 11 is 1.73. The zero-order valence-corrected chi connectivity index (χ0v) is 10.5. The highest BCUT2D eigenvalue weighted by molar-refractivity contribution is 7.99. The smallest absolute Gasteiger partial charge is 0.326 e. The van der Waals surface area contributed by atoms with E-state index in [9.17, 15) is 14.4 Å². The van der Waals surface area contributed by atoms with Gasteiger partial charge < -0.3 is 20.8 Å². The monoisotopic (exact) mass is 276 g/mol. The molecule has 0 bridgehead atoms. The Balaban J connectivity index is 2.40. The molecule has 7 nitrogen and oxygen atoms in total. The maximum absolute atomic E-state index is 11.6. The van der Waals surface area contributed by atoms with Gasteiger partial charge in [-0.05, 0) is 0 Å². The number of thioether (sulfide) groups is 1. The van der Waals surface area contributed by atoms with Crippen LogP contribution in [0.5, 0.6) is 0 Å². The number of carboxylic acid groups (broad SMARTS) is 2. The molecule has 0 saturated carbocycles. The Labute approximate surface area is 108 Å². The van der Waals surface area contributed by atoms with Gasteiger partial charge in [0.25, 0.3) is 0 Å². The molecule has 1 aliphatic rings. The summed E-state index contributed by atoms with van der Waals surface area (Å²) in [5.74, 6) is -1.24. The van der Waals surface area contributed by atoms with Crippen LogP contribution in [-0.2, 0) is 14.4 Å². The molecule has 0 aromatic heterocycles. The number of carbonyl (C=O) groups excluding carboxylic acids is 1. The topological polar surface area (TPSA) is 116 Å². The molecule has 1 fully saturated rings. The summed E-state index contributed by atoms with van der Waals surface area (Å²) in [7, 11) is 0. The highest BCUT2D eigenvalue weighted by Gasteiger charge is 2.24. The van der Waals surface area contributed by atoms with Crippen LogP contribution in [0.4, 0.5) is 0 Å². The largest absolute Gasteiger partial charge is 0.481 e. The Morgan fingerprint density at radius 2 is 2.11 bits per heavy atom. The van der Waals surface area contributed by atoms with E-state index < -0.39 is 30.3 Å². The first-order valence-electron chi connectivity index (χ1n) is 5.54. The molecule has 0 aromatic carbocycles. The van der Waals surface area contributed by atoms with Gasteiger partial charge in [0, 0.05) is 30.5 Å². The summed E-state index contributed by atoms with van der Waals surface area (Å²) in [6.45, 7) is 0.820. The number of aliphatic carboxylic acids is 2. The van der Waals surface area contributed by atoms with Crippen molar-refractivity contribution in [2.75, 3.05) is 18.1 Å². The van der Waals surface area contributed by atoms with Gasteiger partial charge in [-0.2, -0.15) is 11.8 Å². The summed E-state index contributed by atoms with van der Waals surface area (Å²) in [5.41, 5.74) is 0. The molecule has 1 rings (SSSR count). The molecule has 4 N–H and O–H groups in total. The Morgan fingerprint density at radius 1 is 1.39 bits per heavy atom. The molecular formula is C10H16N2O5S. The van der Waals surface area contributed by atoms with Crippen molar-refractivity contribution < 1.29 is 24.6 Å². The Bertz CT molecular complexity index is 330. The van der Waals surface area contributed by atoms with Crippen LogP contribution in [0, 0.1) is 0 Å². The van der Waals surface area contributed by atoms with Crippen LogP contribution in [-0.4, -0.2) is 58.2 Å². The lowest BCUT2D eigenvalue weighted by atomic mass is 10.1. The third-order valence-electron chi connectivity index (χ3n) is 2.44. The lowest BCUT2D eigenvalue weighted by Gasteiger charge is -2.23. The maximum atomic E-state index is 11.6. The first kappa shape index (κ1) is 14.8. The molecule has 0 spiro atoms. The number of carbonyl (C=O) groups is 3. The molecule has 1 aliphatic heterocycles. The third-order valence-corrected chi connectivity index (χ3v) is 3.57. The fourth-order valence-electron chi connectivity index (χ4n) is 1.60. The van der Waals surface area contributed by atoms with Crippen molar-refractivity contribution >= 4 is 29.6 Å². The average molecular weight is 276 g/mol. The van der Waals surface area contributed by atoms with Crippen LogP contribution in [0.3, 0.4) is 0 Å². The molecule has 2 atom stereocenters.